The summed E-state index contributed by atoms with van der Waals surface area (Å²) in [4.78, 5) is 19.2. The summed E-state index contributed by atoms with van der Waals surface area (Å²) in [7, 11) is -4.15. The summed E-state index contributed by atoms with van der Waals surface area (Å²) in [5, 5.41) is 0. The molecule has 0 radical (unpaired) electrons. The van der Waals surface area contributed by atoms with Gasteiger partial charge in [-0.3, -0.25) is 4.57 Å². The second-order valence-corrected chi connectivity index (χ2v) is 6.78. The van der Waals surface area contributed by atoms with Crippen LogP contribution in [0.15, 0.2) is 54.6 Å². The number of hydrogen-bond acceptors (Lipinski definition) is 1. The van der Waals surface area contributed by atoms with Crippen molar-refractivity contribution in [1.82, 2.24) is 0 Å². The molecule has 106 valence electrons. The third-order valence-corrected chi connectivity index (χ3v) is 4.91. The van der Waals surface area contributed by atoms with Gasteiger partial charge in [0.2, 0.25) is 0 Å². The van der Waals surface area contributed by atoms with Crippen molar-refractivity contribution in [1.29, 1.82) is 0 Å². The first-order chi connectivity index (χ1) is 9.48. The van der Waals surface area contributed by atoms with Crippen molar-refractivity contribution in [3.05, 3.63) is 71.3 Å². The summed E-state index contributed by atoms with van der Waals surface area (Å²) in [6, 6.07) is 17.0. The van der Waals surface area contributed by atoms with E-state index in [4.69, 9.17) is 0 Å². The first-order valence-corrected chi connectivity index (χ1v) is 8.31. The lowest BCUT2D eigenvalue weighted by Gasteiger charge is -2.19. The minimum absolute atomic E-state index is 0.444. The van der Waals surface area contributed by atoms with Crippen molar-refractivity contribution < 1.29 is 14.4 Å². The third-order valence-electron chi connectivity index (χ3n) is 3.54. The fraction of sp³-hybridized carbons (Fsp3) is 0.250. The van der Waals surface area contributed by atoms with Crippen molar-refractivity contribution in [2.24, 2.45) is 0 Å². The lowest BCUT2D eigenvalue weighted by atomic mass is 10.0. The largest absolute Gasteiger partial charge is 0.332 e. The van der Waals surface area contributed by atoms with Crippen LogP contribution in [0.4, 0.5) is 0 Å². The molecule has 2 aromatic rings. The van der Waals surface area contributed by atoms with Crippen molar-refractivity contribution in [3.63, 3.8) is 0 Å². The standard InChI is InChI=1S/C16H19O3P/c1-13-7-5-6-8-14(13)11-12-16(20(17,18)19)15-9-3-2-4-10-15/h2-10,16H,11-12H2,1H3,(H2,17,18,19). The molecular formula is C16H19O3P. The van der Waals surface area contributed by atoms with Crippen LogP contribution in [0, 0.1) is 6.92 Å². The Bertz CT molecular complexity index is 604. The minimum atomic E-state index is -4.15. The molecule has 0 aliphatic heterocycles. The molecule has 2 N–H and O–H groups in total. The Labute approximate surface area is 119 Å². The summed E-state index contributed by atoms with van der Waals surface area (Å²) in [5.41, 5.74) is 2.27. The van der Waals surface area contributed by atoms with Crippen molar-refractivity contribution >= 4 is 7.60 Å². The lowest BCUT2D eigenvalue weighted by molar-refractivity contribution is 0.355. The number of hydrogen-bond donors (Lipinski definition) is 2. The van der Waals surface area contributed by atoms with Gasteiger partial charge in [0.15, 0.2) is 0 Å². The Balaban J connectivity index is 2.18. The Morgan fingerprint density at radius 3 is 2.20 bits per heavy atom. The van der Waals surface area contributed by atoms with E-state index in [1.165, 1.54) is 0 Å². The smallest absolute Gasteiger partial charge is 0.324 e. The number of rotatable bonds is 5. The predicted octanol–water partition coefficient (Wildman–Crippen LogP) is 3.85. The molecule has 2 aromatic carbocycles. The van der Waals surface area contributed by atoms with Gasteiger partial charge < -0.3 is 9.79 Å². The summed E-state index contributed by atoms with van der Waals surface area (Å²) in [5.74, 6) is 0. The Morgan fingerprint density at radius 1 is 1.00 bits per heavy atom. The zero-order valence-electron chi connectivity index (χ0n) is 11.4. The molecule has 1 unspecified atom stereocenters. The van der Waals surface area contributed by atoms with Crippen molar-refractivity contribution in [2.75, 3.05) is 0 Å². The normalized spacial score (nSPS) is 13.2. The SMILES string of the molecule is Cc1ccccc1CCC(c1ccccc1)P(=O)(O)O. The molecule has 0 aliphatic rings. The fourth-order valence-corrected chi connectivity index (χ4v) is 3.41. The molecule has 0 fully saturated rings. The highest BCUT2D eigenvalue weighted by Crippen LogP contribution is 2.54. The Morgan fingerprint density at radius 2 is 1.60 bits per heavy atom. The van der Waals surface area contributed by atoms with Gasteiger partial charge >= 0.3 is 7.60 Å². The fourth-order valence-electron chi connectivity index (χ4n) is 2.39. The van der Waals surface area contributed by atoms with Crippen molar-refractivity contribution in [3.8, 4) is 0 Å². The Hall–Kier alpha value is -1.41. The van der Waals surface area contributed by atoms with E-state index in [-0.39, 0.29) is 0 Å². The van der Waals surface area contributed by atoms with Gasteiger partial charge in [-0.15, -0.1) is 0 Å². The van der Waals surface area contributed by atoms with Crippen LogP contribution in [-0.4, -0.2) is 9.79 Å². The summed E-state index contributed by atoms with van der Waals surface area (Å²) < 4.78 is 11.7. The predicted molar refractivity (Wildman–Crippen MR) is 80.7 cm³/mol. The average molecular weight is 290 g/mol. The number of benzene rings is 2. The lowest BCUT2D eigenvalue weighted by Crippen LogP contribution is -2.02. The van der Waals surface area contributed by atoms with Crippen LogP contribution < -0.4 is 0 Å². The van der Waals surface area contributed by atoms with Crippen LogP contribution in [0.25, 0.3) is 0 Å². The minimum Gasteiger partial charge on any atom is -0.324 e. The quantitative estimate of drug-likeness (QED) is 0.822. The van der Waals surface area contributed by atoms with Gasteiger partial charge in [-0.2, -0.15) is 0 Å². The van der Waals surface area contributed by atoms with E-state index >= 15 is 0 Å². The molecule has 0 aromatic heterocycles. The highest BCUT2D eigenvalue weighted by atomic mass is 31.2. The third kappa shape index (κ3) is 3.80. The molecule has 3 nitrogen and oxygen atoms in total. The van der Waals surface area contributed by atoms with E-state index in [1.54, 1.807) is 12.1 Å². The van der Waals surface area contributed by atoms with Gasteiger partial charge in [0.25, 0.3) is 0 Å². The average Bonchev–Trinajstić information content (AvgIpc) is 2.41. The molecule has 0 aliphatic carbocycles. The van der Waals surface area contributed by atoms with E-state index in [2.05, 4.69) is 0 Å². The first kappa shape index (κ1) is 15.0. The molecule has 0 spiro atoms. The van der Waals surface area contributed by atoms with E-state index < -0.39 is 13.3 Å². The zero-order chi connectivity index (χ0) is 14.6. The maximum atomic E-state index is 11.7. The van der Waals surface area contributed by atoms with Gasteiger partial charge in [-0.25, -0.2) is 0 Å². The maximum absolute atomic E-state index is 11.7. The summed E-state index contributed by atoms with van der Waals surface area (Å²) in [6.45, 7) is 2.02. The van der Waals surface area contributed by atoms with Gasteiger partial charge in [0.05, 0.1) is 5.66 Å². The molecule has 1 atom stereocenters. The van der Waals surface area contributed by atoms with Gasteiger partial charge in [0, 0.05) is 0 Å². The van der Waals surface area contributed by atoms with Crippen LogP contribution >= 0.6 is 7.60 Å². The molecule has 0 amide bonds. The topological polar surface area (TPSA) is 57.5 Å². The van der Waals surface area contributed by atoms with E-state index in [0.717, 1.165) is 11.1 Å². The second-order valence-electron chi connectivity index (χ2n) is 4.98. The van der Waals surface area contributed by atoms with E-state index in [0.29, 0.717) is 18.4 Å². The van der Waals surface area contributed by atoms with E-state index in [1.807, 2.05) is 49.4 Å². The van der Waals surface area contributed by atoms with Crippen LogP contribution in [0.1, 0.15) is 28.8 Å². The molecule has 4 heteroatoms. The summed E-state index contributed by atoms with van der Waals surface area (Å²) in [6.07, 6.45) is 1.11. The highest BCUT2D eigenvalue weighted by Gasteiger charge is 2.29. The van der Waals surface area contributed by atoms with Gasteiger partial charge in [-0.1, -0.05) is 54.6 Å². The molecule has 0 saturated carbocycles. The van der Waals surface area contributed by atoms with Gasteiger partial charge in [-0.05, 0) is 36.5 Å². The molecule has 0 saturated heterocycles. The Kier molecular flexibility index (Phi) is 4.77. The zero-order valence-corrected chi connectivity index (χ0v) is 12.3. The molecule has 0 bridgehead atoms. The van der Waals surface area contributed by atoms with Gasteiger partial charge in [0.1, 0.15) is 0 Å². The van der Waals surface area contributed by atoms with E-state index in [9.17, 15) is 14.4 Å². The van der Waals surface area contributed by atoms with Crippen LogP contribution in [0.2, 0.25) is 0 Å². The maximum Gasteiger partial charge on any atom is 0.332 e. The first-order valence-electron chi connectivity index (χ1n) is 6.63. The molecule has 20 heavy (non-hydrogen) atoms. The van der Waals surface area contributed by atoms with Crippen LogP contribution in [0.5, 0.6) is 0 Å². The monoisotopic (exact) mass is 290 g/mol. The number of aryl methyl sites for hydroxylation is 2. The van der Waals surface area contributed by atoms with Crippen LogP contribution in [-0.2, 0) is 11.0 Å². The molecular weight excluding hydrogens is 271 g/mol. The second kappa shape index (κ2) is 6.36. The molecule has 0 heterocycles. The van der Waals surface area contributed by atoms with Crippen LogP contribution in [0.3, 0.4) is 0 Å². The highest BCUT2D eigenvalue weighted by molar-refractivity contribution is 7.52. The summed E-state index contributed by atoms with van der Waals surface area (Å²) >= 11 is 0. The van der Waals surface area contributed by atoms with Crippen molar-refractivity contribution in [2.45, 2.75) is 25.4 Å². The molecule has 2 rings (SSSR count).